The Morgan fingerprint density at radius 1 is 1.07 bits per heavy atom. The molecule has 5 rings (SSSR count). The van der Waals surface area contributed by atoms with E-state index in [1.54, 1.807) is 12.1 Å². The van der Waals surface area contributed by atoms with Crippen molar-refractivity contribution in [2.24, 2.45) is 5.92 Å². The third-order valence-corrected chi connectivity index (χ3v) is 5.46. The van der Waals surface area contributed by atoms with Crippen LogP contribution in [-0.2, 0) is 11.3 Å². The van der Waals surface area contributed by atoms with Crippen molar-refractivity contribution in [2.75, 3.05) is 24.5 Å². The second-order valence-corrected chi connectivity index (χ2v) is 7.23. The third-order valence-electron chi connectivity index (χ3n) is 5.46. The number of fused-ring (bicyclic) bond motifs is 3. The summed E-state index contributed by atoms with van der Waals surface area (Å²) in [6.07, 6.45) is 1.53. The van der Waals surface area contributed by atoms with E-state index in [0.29, 0.717) is 17.2 Å². The summed E-state index contributed by atoms with van der Waals surface area (Å²) in [5, 5.41) is 0. The van der Waals surface area contributed by atoms with Gasteiger partial charge in [0.1, 0.15) is 6.10 Å². The van der Waals surface area contributed by atoms with Gasteiger partial charge < -0.3 is 4.74 Å². The van der Waals surface area contributed by atoms with Crippen LogP contribution in [0, 0.1) is 17.6 Å². The van der Waals surface area contributed by atoms with Crippen molar-refractivity contribution in [3.8, 4) is 0 Å². The van der Waals surface area contributed by atoms with Crippen molar-refractivity contribution >= 4 is 24.2 Å². The van der Waals surface area contributed by atoms with E-state index in [1.165, 1.54) is 11.0 Å². The molecule has 2 bridgehead atoms. The number of rotatable bonds is 4. The summed E-state index contributed by atoms with van der Waals surface area (Å²) < 4.78 is 32.7. The number of carbonyl (C=O) groups excluding carboxylic acids is 1. The van der Waals surface area contributed by atoms with Gasteiger partial charge in [-0.2, -0.15) is 0 Å². The number of hydrogen-bond acceptors (Lipinski definition) is 3. The van der Waals surface area contributed by atoms with E-state index >= 15 is 0 Å². The summed E-state index contributed by atoms with van der Waals surface area (Å²) >= 11 is 0. The van der Waals surface area contributed by atoms with Gasteiger partial charge in [0.25, 0.3) is 0 Å². The van der Waals surface area contributed by atoms with Crippen molar-refractivity contribution in [3.63, 3.8) is 0 Å². The van der Waals surface area contributed by atoms with Gasteiger partial charge >= 0.3 is 6.09 Å². The maximum absolute atomic E-state index is 13.6. The summed E-state index contributed by atoms with van der Waals surface area (Å²) in [4.78, 5) is 16.8. The molecule has 28 heavy (non-hydrogen) atoms. The Bertz CT molecular complexity index is 813. The third kappa shape index (κ3) is 4.45. The van der Waals surface area contributed by atoms with E-state index in [0.717, 1.165) is 44.6 Å². The number of anilines is 1. The van der Waals surface area contributed by atoms with Crippen LogP contribution in [0.2, 0.25) is 0 Å². The number of ether oxygens (including phenoxy) is 1. The number of carbonyl (C=O) groups is 1. The van der Waals surface area contributed by atoms with Crippen LogP contribution in [0.25, 0.3) is 0 Å². The smallest absolute Gasteiger partial charge is 0.414 e. The number of piperidine rings is 3. The average Bonchev–Trinajstić information content (AvgIpc) is 2.70. The molecule has 0 aromatic heterocycles. The van der Waals surface area contributed by atoms with E-state index in [1.807, 2.05) is 18.2 Å². The van der Waals surface area contributed by atoms with Crippen molar-refractivity contribution < 1.29 is 18.3 Å². The summed E-state index contributed by atoms with van der Waals surface area (Å²) in [5.74, 6) is -1.43. The Balaban J connectivity index is 0.00000225. The molecular weight excluding hydrogens is 386 g/mol. The van der Waals surface area contributed by atoms with Gasteiger partial charge in [-0.15, -0.1) is 12.4 Å². The van der Waals surface area contributed by atoms with Gasteiger partial charge in [0.15, 0.2) is 11.6 Å². The normalized spacial score (nSPS) is 23.0. The molecule has 3 saturated heterocycles. The summed E-state index contributed by atoms with van der Waals surface area (Å²) in [7, 11) is 0. The van der Waals surface area contributed by atoms with E-state index in [9.17, 15) is 13.6 Å². The molecule has 2 aromatic carbocycles. The summed E-state index contributed by atoms with van der Waals surface area (Å²) in [5.41, 5.74) is 1.16. The van der Waals surface area contributed by atoms with Crippen molar-refractivity contribution in [3.05, 3.63) is 65.7 Å². The number of hydrogen-bond donors (Lipinski definition) is 0. The Morgan fingerprint density at radius 3 is 2.39 bits per heavy atom. The zero-order valence-electron chi connectivity index (χ0n) is 15.4. The van der Waals surface area contributed by atoms with Crippen LogP contribution in [0.3, 0.4) is 0 Å². The van der Waals surface area contributed by atoms with Crippen LogP contribution in [0.15, 0.2) is 48.5 Å². The van der Waals surface area contributed by atoms with Gasteiger partial charge in [-0.3, -0.25) is 9.80 Å². The SMILES string of the molecule is Cl.O=C(O[C@H]1CN2CCC1CC2)N(Cc1ccc(F)c(F)c1)c1ccccc1. The highest BCUT2D eigenvalue weighted by Crippen LogP contribution is 2.30. The van der Waals surface area contributed by atoms with Crippen LogP contribution in [0.4, 0.5) is 19.3 Å². The molecule has 3 aliphatic rings. The standard InChI is InChI=1S/C21H22F2N2O2.ClH/c22-18-7-6-15(12-19(18)23)13-25(17-4-2-1-3-5-17)21(26)27-20-14-24-10-8-16(20)9-11-24;/h1-7,12,16,20H,8-11,13-14H2;1H/t20-;/m0./s1. The van der Waals surface area contributed by atoms with Gasteiger partial charge in [0.05, 0.1) is 6.54 Å². The molecule has 3 heterocycles. The van der Waals surface area contributed by atoms with E-state index in [4.69, 9.17) is 4.74 Å². The molecule has 2 aromatic rings. The van der Waals surface area contributed by atoms with E-state index < -0.39 is 17.7 Å². The van der Waals surface area contributed by atoms with E-state index in [2.05, 4.69) is 4.90 Å². The molecule has 0 unspecified atom stereocenters. The molecule has 1 amide bonds. The molecule has 0 saturated carbocycles. The lowest BCUT2D eigenvalue weighted by Crippen LogP contribution is -2.53. The number of nitrogens with zero attached hydrogens (tertiary/aromatic N) is 2. The van der Waals surface area contributed by atoms with Gasteiger partial charge in [-0.05, 0) is 61.7 Å². The van der Waals surface area contributed by atoms with Crippen LogP contribution in [0.5, 0.6) is 0 Å². The van der Waals surface area contributed by atoms with Crippen LogP contribution in [0.1, 0.15) is 18.4 Å². The first-order chi connectivity index (χ1) is 13.1. The van der Waals surface area contributed by atoms with Crippen LogP contribution < -0.4 is 4.90 Å². The van der Waals surface area contributed by atoms with Crippen molar-refractivity contribution in [1.82, 2.24) is 4.90 Å². The molecule has 0 N–H and O–H groups in total. The molecule has 4 nitrogen and oxygen atoms in total. The summed E-state index contributed by atoms with van der Waals surface area (Å²) in [6.45, 7) is 3.01. The minimum absolute atomic E-state index is 0. The predicted molar refractivity (Wildman–Crippen MR) is 106 cm³/mol. The minimum atomic E-state index is -0.925. The van der Waals surface area contributed by atoms with Crippen molar-refractivity contribution in [1.29, 1.82) is 0 Å². The lowest BCUT2D eigenvalue weighted by molar-refractivity contribution is -0.0311. The van der Waals surface area contributed by atoms with Gasteiger partial charge in [-0.25, -0.2) is 13.6 Å². The van der Waals surface area contributed by atoms with Gasteiger partial charge in [-0.1, -0.05) is 24.3 Å². The molecular formula is C21H23ClF2N2O2. The second-order valence-electron chi connectivity index (χ2n) is 7.23. The highest BCUT2D eigenvalue weighted by atomic mass is 35.5. The largest absolute Gasteiger partial charge is 0.444 e. The zero-order valence-corrected chi connectivity index (χ0v) is 16.2. The quantitative estimate of drug-likeness (QED) is 0.739. The van der Waals surface area contributed by atoms with Gasteiger partial charge in [0, 0.05) is 12.2 Å². The lowest BCUT2D eigenvalue weighted by atomic mass is 9.86. The van der Waals surface area contributed by atoms with E-state index in [-0.39, 0.29) is 25.1 Å². The Morgan fingerprint density at radius 2 is 1.79 bits per heavy atom. The molecule has 3 fully saturated rings. The lowest BCUT2D eigenvalue weighted by Gasteiger charge is -2.44. The number of para-hydroxylation sites is 1. The molecule has 3 aliphatic heterocycles. The number of benzene rings is 2. The Labute approximate surface area is 169 Å². The Hall–Kier alpha value is -2.18. The highest BCUT2D eigenvalue weighted by Gasteiger charge is 2.37. The first-order valence-corrected chi connectivity index (χ1v) is 9.29. The molecule has 7 heteroatoms. The fourth-order valence-electron chi connectivity index (χ4n) is 3.93. The van der Waals surface area contributed by atoms with Gasteiger partial charge in [0.2, 0.25) is 0 Å². The first kappa shape index (κ1) is 20.6. The number of halogens is 3. The average molecular weight is 409 g/mol. The van der Waals surface area contributed by atoms with Crippen LogP contribution in [-0.4, -0.2) is 36.7 Å². The molecule has 0 radical (unpaired) electrons. The number of amides is 1. The molecule has 0 aliphatic carbocycles. The fraction of sp³-hybridized carbons (Fsp3) is 0.381. The molecule has 0 spiro atoms. The molecule has 1 atom stereocenters. The van der Waals surface area contributed by atoms with Crippen LogP contribution >= 0.6 is 12.4 Å². The predicted octanol–water partition coefficient (Wildman–Crippen LogP) is 4.62. The fourth-order valence-corrected chi connectivity index (χ4v) is 3.93. The summed E-state index contributed by atoms with van der Waals surface area (Å²) in [6, 6.07) is 12.8. The van der Waals surface area contributed by atoms with Crippen molar-refractivity contribution in [2.45, 2.75) is 25.5 Å². The minimum Gasteiger partial charge on any atom is -0.444 e. The first-order valence-electron chi connectivity index (χ1n) is 9.29. The monoisotopic (exact) mass is 408 g/mol. The second kappa shape index (κ2) is 8.88. The highest BCUT2D eigenvalue weighted by molar-refractivity contribution is 5.87. The topological polar surface area (TPSA) is 32.8 Å². The molecule has 150 valence electrons. The maximum Gasteiger partial charge on any atom is 0.414 e. The zero-order chi connectivity index (χ0) is 18.8. The Kier molecular flexibility index (Phi) is 6.52. The maximum atomic E-state index is 13.6.